The van der Waals surface area contributed by atoms with E-state index >= 15 is 0 Å². The van der Waals surface area contributed by atoms with E-state index in [9.17, 15) is 4.39 Å². The van der Waals surface area contributed by atoms with Crippen LogP contribution >= 0.6 is 0 Å². The van der Waals surface area contributed by atoms with Crippen LogP contribution in [-0.4, -0.2) is 21.7 Å². The molecule has 6 heteroatoms. The highest BCUT2D eigenvalue weighted by Gasteiger charge is 2.20. The van der Waals surface area contributed by atoms with E-state index in [1.165, 1.54) is 12.1 Å². The van der Waals surface area contributed by atoms with E-state index in [1.54, 1.807) is 0 Å². The summed E-state index contributed by atoms with van der Waals surface area (Å²) in [5, 5.41) is 3.88. The number of hydrogen-bond acceptors (Lipinski definition) is 5. The molecule has 0 saturated carbocycles. The van der Waals surface area contributed by atoms with Crippen molar-refractivity contribution in [2.24, 2.45) is 5.73 Å². The van der Waals surface area contributed by atoms with Crippen LogP contribution in [0, 0.1) is 5.82 Å². The zero-order chi connectivity index (χ0) is 14.7. The monoisotopic (exact) mass is 284 g/mol. The molecule has 2 N–H and O–H groups in total. The van der Waals surface area contributed by atoms with Gasteiger partial charge in [-0.2, -0.15) is 4.98 Å². The maximum Gasteiger partial charge on any atom is 0.235 e. The van der Waals surface area contributed by atoms with Gasteiger partial charge in [-0.05, 0) is 17.7 Å². The summed E-state index contributed by atoms with van der Waals surface area (Å²) < 4.78 is 18.2. The molecular formula is C15H13FN4O. The number of benzene rings is 1. The second kappa shape index (κ2) is 5.80. The summed E-state index contributed by atoms with van der Waals surface area (Å²) in [6.45, 7) is 0.350. The molecule has 1 unspecified atom stereocenters. The van der Waals surface area contributed by atoms with Crippen molar-refractivity contribution in [2.45, 2.75) is 5.92 Å². The van der Waals surface area contributed by atoms with E-state index < -0.39 is 5.82 Å². The minimum absolute atomic E-state index is 0.173. The lowest BCUT2D eigenvalue weighted by Gasteiger charge is -2.09. The zero-order valence-electron chi connectivity index (χ0n) is 11.1. The molecule has 0 aliphatic carbocycles. The zero-order valence-corrected chi connectivity index (χ0v) is 11.1. The third-order valence-corrected chi connectivity index (χ3v) is 3.13. The minimum Gasteiger partial charge on any atom is -0.338 e. The number of halogens is 1. The van der Waals surface area contributed by atoms with Gasteiger partial charge < -0.3 is 10.3 Å². The Morgan fingerprint density at radius 2 is 1.95 bits per heavy atom. The Morgan fingerprint density at radius 3 is 2.62 bits per heavy atom. The molecule has 0 radical (unpaired) electrons. The molecule has 0 fully saturated rings. The van der Waals surface area contributed by atoms with Crippen LogP contribution < -0.4 is 5.73 Å². The lowest BCUT2D eigenvalue weighted by molar-refractivity contribution is 0.367. The Balaban J connectivity index is 1.92. The molecule has 1 aromatic carbocycles. The maximum absolute atomic E-state index is 12.9. The van der Waals surface area contributed by atoms with Crippen LogP contribution in [0.3, 0.4) is 0 Å². The van der Waals surface area contributed by atoms with Gasteiger partial charge in [0.2, 0.25) is 11.7 Å². The standard InChI is InChI=1S/C15H13FN4O/c16-11-6-7-13(18-9-11)14-19-15(21-20-14)12(8-17)10-4-2-1-3-5-10/h1-7,9,12H,8,17H2. The normalized spacial score (nSPS) is 12.3. The summed E-state index contributed by atoms with van der Waals surface area (Å²) in [5.74, 6) is 0.156. The average Bonchev–Trinajstić information content (AvgIpc) is 2.99. The molecule has 21 heavy (non-hydrogen) atoms. The first-order valence-corrected chi connectivity index (χ1v) is 6.48. The summed E-state index contributed by atoms with van der Waals surface area (Å²) in [6, 6.07) is 12.5. The van der Waals surface area contributed by atoms with E-state index in [2.05, 4.69) is 15.1 Å². The van der Waals surface area contributed by atoms with Crippen molar-refractivity contribution in [3.8, 4) is 11.5 Å². The topological polar surface area (TPSA) is 77.8 Å². The highest BCUT2D eigenvalue weighted by molar-refractivity contribution is 5.47. The fraction of sp³-hybridized carbons (Fsp3) is 0.133. The Morgan fingerprint density at radius 1 is 1.14 bits per heavy atom. The summed E-state index contributed by atoms with van der Waals surface area (Å²) in [5.41, 5.74) is 7.27. The van der Waals surface area contributed by atoms with Gasteiger partial charge in [0, 0.05) is 6.54 Å². The van der Waals surface area contributed by atoms with Gasteiger partial charge in [0.15, 0.2) is 0 Å². The first-order valence-electron chi connectivity index (χ1n) is 6.48. The van der Waals surface area contributed by atoms with Crippen molar-refractivity contribution < 1.29 is 8.91 Å². The van der Waals surface area contributed by atoms with Gasteiger partial charge in [0.05, 0.1) is 12.1 Å². The number of nitrogens with two attached hydrogens (primary N) is 1. The van der Waals surface area contributed by atoms with Crippen LogP contribution in [0.15, 0.2) is 53.2 Å². The number of nitrogens with zero attached hydrogens (tertiary/aromatic N) is 3. The Kier molecular flexibility index (Phi) is 3.70. The predicted molar refractivity (Wildman–Crippen MR) is 74.8 cm³/mol. The first kappa shape index (κ1) is 13.4. The van der Waals surface area contributed by atoms with Crippen molar-refractivity contribution in [3.05, 3.63) is 65.9 Å². The molecule has 0 aliphatic rings. The first-order chi connectivity index (χ1) is 10.3. The van der Waals surface area contributed by atoms with Crippen molar-refractivity contribution in [2.75, 3.05) is 6.54 Å². The van der Waals surface area contributed by atoms with Gasteiger partial charge in [0.1, 0.15) is 11.5 Å². The van der Waals surface area contributed by atoms with Crippen molar-refractivity contribution in [1.82, 2.24) is 15.1 Å². The van der Waals surface area contributed by atoms with E-state index in [0.717, 1.165) is 11.8 Å². The molecule has 3 rings (SSSR count). The Hall–Kier alpha value is -2.60. The van der Waals surface area contributed by atoms with Gasteiger partial charge in [-0.1, -0.05) is 35.5 Å². The quantitative estimate of drug-likeness (QED) is 0.795. The van der Waals surface area contributed by atoms with Crippen LogP contribution in [0.25, 0.3) is 11.5 Å². The van der Waals surface area contributed by atoms with Gasteiger partial charge >= 0.3 is 0 Å². The molecule has 106 valence electrons. The minimum atomic E-state index is -0.411. The third kappa shape index (κ3) is 2.80. The van der Waals surface area contributed by atoms with Gasteiger partial charge in [0.25, 0.3) is 0 Å². The van der Waals surface area contributed by atoms with E-state index in [4.69, 9.17) is 10.3 Å². The highest BCUT2D eigenvalue weighted by atomic mass is 19.1. The average molecular weight is 284 g/mol. The molecule has 0 bridgehead atoms. The fourth-order valence-corrected chi connectivity index (χ4v) is 2.05. The van der Waals surface area contributed by atoms with Crippen LogP contribution in [0.1, 0.15) is 17.4 Å². The molecule has 2 heterocycles. The van der Waals surface area contributed by atoms with E-state index in [-0.39, 0.29) is 5.92 Å². The Bertz CT molecular complexity index is 712. The van der Waals surface area contributed by atoms with Gasteiger partial charge in [-0.15, -0.1) is 0 Å². The molecule has 3 aromatic rings. The van der Waals surface area contributed by atoms with Gasteiger partial charge in [-0.25, -0.2) is 9.37 Å². The molecule has 2 aromatic heterocycles. The van der Waals surface area contributed by atoms with Crippen LogP contribution in [0.4, 0.5) is 4.39 Å². The smallest absolute Gasteiger partial charge is 0.235 e. The number of hydrogen-bond donors (Lipinski definition) is 1. The lowest BCUT2D eigenvalue weighted by Crippen LogP contribution is -2.14. The van der Waals surface area contributed by atoms with Gasteiger partial charge in [-0.3, -0.25) is 0 Å². The Labute approximate surface area is 120 Å². The van der Waals surface area contributed by atoms with Crippen LogP contribution in [-0.2, 0) is 0 Å². The van der Waals surface area contributed by atoms with E-state index in [0.29, 0.717) is 24.0 Å². The number of pyridine rings is 1. The van der Waals surface area contributed by atoms with Crippen LogP contribution in [0.2, 0.25) is 0 Å². The molecular weight excluding hydrogens is 271 g/mol. The summed E-state index contributed by atoms with van der Waals surface area (Å²) in [4.78, 5) is 8.24. The summed E-state index contributed by atoms with van der Waals surface area (Å²) in [7, 11) is 0. The molecule has 0 spiro atoms. The lowest BCUT2D eigenvalue weighted by atomic mass is 9.99. The molecule has 0 aliphatic heterocycles. The van der Waals surface area contributed by atoms with E-state index in [1.807, 2.05) is 30.3 Å². The molecule has 0 amide bonds. The second-order valence-electron chi connectivity index (χ2n) is 4.52. The fourth-order valence-electron chi connectivity index (χ4n) is 2.05. The SMILES string of the molecule is NCC(c1ccccc1)c1nc(-c2ccc(F)cn2)no1. The van der Waals surface area contributed by atoms with Crippen molar-refractivity contribution >= 4 is 0 Å². The highest BCUT2D eigenvalue weighted by Crippen LogP contribution is 2.24. The second-order valence-corrected chi connectivity index (χ2v) is 4.52. The molecule has 1 atom stereocenters. The molecule has 5 nitrogen and oxygen atoms in total. The van der Waals surface area contributed by atoms with Crippen molar-refractivity contribution in [3.63, 3.8) is 0 Å². The predicted octanol–water partition coefficient (Wildman–Crippen LogP) is 2.36. The molecule has 0 saturated heterocycles. The summed E-state index contributed by atoms with van der Waals surface area (Å²) >= 11 is 0. The summed E-state index contributed by atoms with van der Waals surface area (Å²) in [6.07, 6.45) is 1.11. The van der Waals surface area contributed by atoms with Crippen LogP contribution in [0.5, 0.6) is 0 Å². The number of aromatic nitrogens is 3. The third-order valence-electron chi connectivity index (χ3n) is 3.13. The maximum atomic E-state index is 12.9. The van der Waals surface area contributed by atoms with Crippen molar-refractivity contribution in [1.29, 1.82) is 0 Å². The largest absolute Gasteiger partial charge is 0.338 e. The number of rotatable bonds is 4.